The predicted octanol–water partition coefficient (Wildman–Crippen LogP) is -0.337. The maximum absolute atomic E-state index is 12.0. The molecular weight excluding hydrogens is 252 g/mol. The maximum atomic E-state index is 12.0. The zero-order valence-corrected chi connectivity index (χ0v) is 10.7. The van der Waals surface area contributed by atoms with E-state index < -0.39 is 5.91 Å². The van der Waals surface area contributed by atoms with Crippen molar-refractivity contribution in [1.29, 1.82) is 0 Å². The van der Waals surface area contributed by atoms with Gasteiger partial charge in [0.1, 0.15) is 10.7 Å². The molecule has 6 nitrogen and oxygen atoms in total. The van der Waals surface area contributed by atoms with Crippen LogP contribution in [0.1, 0.15) is 23.0 Å². The molecule has 2 amide bonds. The SMILES string of the molecule is CCN(CC(N)=O)C(=O)c1ccc(C(N)=S)cn1. The number of hydrogen-bond acceptors (Lipinski definition) is 4. The number of likely N-dealkylation sites (N-methyl/N-ethyl adjacent to an activating group) is 1. The van der Waals surface area contributed by atoms with Gasteiger partial charge in [-0.05, 0) is 19.1 Å². The Kier molecular flexibility index (Phi) is 4.73. The van der Waals surface area contributed by atoms with Gasteiger partial charge in [0.2, 0.25) is 5.91 Å². The number of aromatic nitrogens is 1. The molecule has 0 saturated heterocycles. The Balaban J connectivity index is 2.88. The summed E-state index contributed by atoms with van der Waals surface area (Å²) in [6.45, 7) is 2.00. The molecule has 1 heterocycles. The molecule has 0 spiro atoms. The molecule has 0 aliphatic heterocycles. The number of thiocarbonyl (C=S) groups is 1. The fourth-order valence-corrected chi connectivity index (χ4v) is 1.46. The smallest absolute Gasteiger partial charge is 0.272 e. The van der Waals surface area contributed by atoms with E-state index in [2.05, 4.69) is 4.98 Å². The van der Waals surface area contributed by atoms with Crippen LogP contribution in [0, 0.1) is 0 Å². The normalized spacial score (nSPS) is 9.83. The fraction of sp³-hybridized carbons (Fsp3) is 0.273. The lowest BCUT2D eigenvalue weighted by Crippen LogP contribution is -2.38. The van der Waals surface area contributed by atoms with Gasteiger partial charge >= 0.3 is 0 Å². The zero-order valence-electron chi connectivity index (χ0n) is 9.92. The first-order chi connectivity index (χ1) is 8.45. The second-order valence-electron chi connectivity index (χ2n) is 3.58. The minimum absolute atomic E-state index is 0.131. The van der Waals surface area contributed by atoms with Gasteiger partial charge in [-0.3, -0.25) is 14.6 Å². The van der Waals surface area contributed by atoms with Gasteiger partial charge in [0.25, 0.3) is 5.91 Å². The summed E-state index contributed by atoms with van der Waals surface area (Å²) in [7, 11) is 0. The minimum atomic E-state index is -0.565. The van der Waals surface area contributed by atoms with E-state index in [4.69, 9.17) is 23.7 Å². The monoisotopic (exact) mass is 266 g/mol. The lowest BCUT2D eigenvalue weighted by atomic mass is 10.2. The predicted molar refractivity (Wildman–Crippen MR) is 70.9 cm³/mol. The van der Waals surface area contributed by atoms with Gasteiger partial charge in [0.05, 0.1) is 6.54 Å². The summed E-state index contributed by atoms with van der Waals surface area (Å²) in [5.41, 5.74) is 11.3. The number of pyridine rings is 1. The van der Waals surface area contributed by atoms with Gasteiger partial charge in [-0.15, -0.1) is 0 Å². The first-order valence-electron chi connectivity index (χ1n) is 5.29. The molecular formula is C11H14N4O2S. The molecule has 1 aromatic rings. The van der Waals surface area contributed by atoms with Crippen molar-refractivity contribution in [3.63, 3.8) is 0 Å². The highest BCUT2D eigenvalue weighted by atomic mass is 32.1. The molecule has 0 fully saturated rings. The molecule has 0 aliphatic rings. The van der Waals surface area contributed by atoms with Crippen LogP contribution in [0.3, 0.4) is 0 Å². The number of carbonyl (C=O) groups excluding carboxylic acids is 2. The lowest BCUT2D eigenvalue weighted by Gasteiger charge is -2.18. The first-order valence-corrected chi connectivity index (χ1v) is 5.70. The van der Waals surface area contributed by atoms with Gasteiger partial charge < -0.3 is 16.4 Å². The number of carbonyl (C=O) groups is 2. The molecule has 0 aliphatic carbocycles. The van der Waals surface area contributed by atoms with Crippen molar-refractivity contribution in [2.45, 2.75) is 6.92 Å². The van der Waals surface area contributed by atoms with Gasteiger partial charge in [-0.1, -0.05) is 12.2 Å². The molecule has 1 rings (SSSR count). The van der Waals surface area contributed by atoms with Crippen molar-refractivity contribution in [1.82, 2.24) is 9.88 Å². The number of nitrogens with two attached hydrogens (primary N) is 2. The number of primary amides is 1. The summed E-state index contributed by atoms with van der Waals surface area (Å²) < 4.78 is 0. The lowest BCUT2D eigenvalue weighted by molar-refractivity contribution is -0.118. The summed E-state index contributed by atoms with van der Waals surface area (Å²) in [5.74, 6) is -0.921. The quantitative estimate of drug-likeness (QED) is 0.710. The first kappa shape index (κ1) is 14.0. The van der Waals surface area contributed by atoms with E-state index in [1.165, 1.54) is 17.2 Å². The maximum Gasteiger partial charge on any atom is 0.272 e. The van der Waals surface area contributed by atoms with Crippen molar-refractivity contribution < 1.29 is 9.59 Å². The Hall–Kier alpha value is -2.02. The van der Waals surface area contributed by atoms with Crippen molar-refractivity contribution in [2.75, 3.05) is 13.1 Å². The highest BCUT2D eigenvalue weighted by Gasteiger charge is 2.17. The third-order valence-corrected chi connectivity index (χ3v) is 2.52. The van der Waals surface area contributed by atoms with Crippen LogP contribution >= 0.6 is 12.2 Å². The molecule has 4 N–H and O–H groups in total. The van der Waals surface area contributed by atoms with Gasteiger partial charge in [-0.2, -0.15) is 0 Å². The average molecular weight is 266 g/mol. The molecule has 0 atom stereocenters. The topological polar surface area (TPSA) is 102 Å². The Morgan fingerprint density at radius 3 is 2.44 bits per heavy atom. The van der Waals surface area contributed by atoms with E-state index in [-0.39, 0.29) is 23.1 Å². The number of nitrogens with zero attached hydrogens (tertiary/aromatic N) is 2. The summed E-state index contributed by atoms with van der Waals surface area (Å²) in [5, 5.41) is 0. The van der Waals surface area contributed by atoms with Gasteiger partial charge in [0.15, 0.2) is 0 Å². The molecule has 0 aromatic carbocycles. The summed E-state index contributed by atoms with van der Waals surface area (Å²) in [6.07, 6.45) is 1.42. The van der Waals surface area contributed by atoms with Crippen LogP contribution in [-0.4, -0.2) is 39.8 Å². The molecule has 0 radical (unpaired) electrons. The fourth-order valence-electron chi connectivity index (χ4n) is 1.34. The molecule has 0 unspecified atom stereocenters. The van der Waals surface area contributed by atoms with E-state index in [9.17, 15) is 9.59 Å². The molecule has 7 heteroatoms. The van der Waals surface area contributed by atoms with Crippen LogP contribution < -0.4 is 11.5 Å². The third kappa shape index (κ3) is 3.49. The molecule has 18 heavy (non-hydrogen) atoms. The summed E-state index contributed by atoms with van der Waals surface area (Å²) in [6, 6.07) is 3.13. The molecule has 0 saturated carbocycles. The van der Waals surface area contributed by atoms with Crippen molar-refractivity contribution >= 4 is 29.0 Å². The van der Waals surface area contributed by atoms with Crippen LogP contribution in [0.15, 0.2) is 18.3 Å². The van der Waals surface area contributed by atoms with Crippen LogP contribution in [0.5, 0.6) is 0 Å². The second-order valence-corrected chi connectivity index (χ2v) is 4.02. The number of hydrogen-bond donors (Lipinski definition) is 2. The van der Waals surface area contributed by atoms with E-state index in [0.29, 0.717) is 12.1 Å². The minimum Gasteiger partial charge on any atom is -0.389 e. The molecule has 0 bridgehead atoms. The summed E-state index contributed by atoms with van der Waals surface area (Å²) in [4.78, 5) is 28.3. The van der Waals surface area contributed by atoms with Crippen LogP contribution in [-0.2, 0) is 4.79 Å². The highest BCUT2D eigenvalue weighted by molar-refractivity contribution is 7.80. The average Bonchev–Trinajstić information content (AvgIpc) is 2.35. The van der Waals surface area contributed by atoms with Crippen LogP contribution in [0.2, 0.25) is 0 Å². The van der Waals surface area contributed by atoms with Crippen LogP contribution in [0.25, 0.3) is 0 Å². The van der Waals surface area contributed by atoms with E-state index >= 15 is 0 Å². The highest BCUT2D eigenvalue weighted by Crippen LogP contribution is 2.04. The molecule has 96 valence electrons. The molecule has 1 aromatic heterocycles. The van der Waals surface area contributed by atoms with Crippen molar-refractivity contribution in [3.8, 4) is 0 Å². The zero-order chi connectivity index (χ0) is 13.7. The van der Waals surface area contributed by atoms with E-state index in [1.807, 2.05) is 0 Å². The Bertz CT molecular complexity index is 472. The Labute approximate surface area is 110 Å². The largest absolute Gasteiger partial charge is 0.389 e. The summed E-state index contributed by atoms with van der Waals surface area (Å²) >= 11 is 4.78. The third-order valence-electron chi connectivity index (χ3n) is 2.28. The van der Waals surface area contributed by atoms with Crippen LogP contribution in [0.4, 0.5) is 0 Å². The number of rotatable bonds is 5. The van der Waals surface area contributed by atoms with Crippen molar-refractivity contribution in [3.05, 3.63) is 29.6 Å². The van der Waals surface area contributed by atoms with E-state index in [1.54, 1.807) is 13.0 Å². The van der Waals surface area contributed by atoms with Gasteiger partial charge in [0, 0.05) is 18.3 Å². The number of amides is 2. The Morgan fingerprint density at radius 1 is 1.39 bits per heavy atom. The standard InChI is InChI=1S/C11H14N4O2S/c1-2-15(6-9(12)16)11(17)8-4-3-7(5-14-8)10(13)18/h3-5H,2,6H2,1H3,(H2,12,16)(H2,13,18). The van der Waals surface area contributed by atoms with Crippen molar-refractivity contribution in [2.24, 2.45) is 11.5 Å². The van der Waals surface area contributed by atoms with Gasteiger partial charge in [-0.25, -0.2) is 0 Å². The Morgan fingerprint density at radius 2 is 2.06 bits per heavy atom. The van der Waals surface area contributed by atoms with E-state index in [0.717, 1.165) is 0 Å². The second kappa shape index (κ2) is 6.06.